The molecule has 0 saturated heterocycles. The summed E-state index contributed by atoms with van der Waals surface area (Å²) in [4.78, 5) is 4.55. The standard InChI is InChI=1S/C15H11BrClN3/c16-12-4-2-10(17)8-14(12)20-15-6-1-9-7-11(18)3-5-13(9)19-15/h1-8H,18H2,(H,19,20). The van der Waals surface area contributed by atoms with Crippen molar-refractivity contribution >= 4 is 55.6 Å². The summed E-state index contributed by atoms with van der Waals surface area (Å²) in [5.74, 6) is 0.755. The molecule has 0 aliphatic rings. The number of nitrogens with zero attached hydrogens (tertiary/aromatic N) is 1. The van der Waals surface area contributed by atoms with Crippen molar-refractivity contribution in [3.05, 3.63) is 58.0 Å². The minimum absolute atomic E-state index is 0.671. The Morgan fingerprint density at radius 1 is 1.05 bits per heavy atom. The number of nitrogens with two attached hydrogens (primary N) is 1. The van der Waals surface area contributed by atoms with Crippen molar-refractivity contribution in [3.63, 3.8) is 0 Å². The van der Waals surface area contributed by atoms with Gasteiger partial charge in [0.1, 0.15) is 5.82 Å². The first-order valence-electron chi connectivity index (χ1n) is 6.00. The van der Waals surface area contributed by atoms with Gasteiger partial charge in [0.25, 0.3) is 0 Å². The molecule has 0 saturated carbocycles. The molecule has 3 N–H and O–H groups in total. The third-order valence-corrected chi connectivity index (χ3v) is 3.83. The Labute approximate surface area is 129 Å². The normalized spacial score (nSPS) is 10.7. The predicted molar refractivity (Wildman–Crippen MR) is 88.6 cm³/mol. The third kappa shape index (κ3) is 2.71. The van der Waals surface area contributed by atoms with Gasteiger partial charge in [0.05, 0.1) is 11.2 Å². The minimum atomic E-state index is 0.671. The summed E-state index contributed by atoms with van der Waals surface area (Å²) in [5.41, 5.74) is 8.26. The molecule has 20 heavy (non-hydrogen) atoms. The first-order chi connectivity index (χ1) is 9.61. The van der Waals surface area contributed by atoms with Crippen LogP contribution in [0.5, 0.6) is 0 Å². The molecule has 3 nitrogen and oxygen atoms in total. The van der Waals surface area contributed by atoms with Crippen LogP contribution in [0.25, 0.3) is 10.9 Å². The molecule has 0 amide bonds. The van der Waals surface area contributed by atoms with Crippen LogP contribution in [0.15, 0.2) is 53.0 Å². The number of nitrogens with one attached hydrogen (secondary N) is 1. The molecule has 0 bridgehead atoms. The molecular weight excluding hydrogens is 338 g/mol. The van der Waals surface area contributed by atoms with E-state index in [9.17, 15) is 0 Å². The van der Waals surface area contributed by atoms with Crippen LogP contribution in [0.1, 0.15) is 0 Å². The van der Waals surface area contributed by atoms with Crippen molar-refractivity contribution in [1.29, 1.82) is 0 Å². The number of aromatic nitrogens is 1. The van der Waals surface area contributed by atoms with E-state index >= 15 is 0 Å². The second kappa shape index (κ2) is 5.31. The summed E-state index contributed by atoms with van der Waals surface area (Å²) >= 11 is 9.48. The van der Waals surface area contributed by atoms with Gasteiger partial charge in [-0.1, -0.05) is 11.6 Å². The topological polar surface area (TPSA) is 50.9 Å². The fourth-order valence-electron chi connectivity index (χ4n) is 1.94. The van der Waals surface area contributed by atoms with Crippen LogP contribution >= 0.6 is 27.5 Å². The molecular formula is C15H11BrClN3. The van der Waals surface area contributed by atoms with E-state index in [1.807, 2.05) is 48.5 Å². The number of halogens is 2. The van der Waals surface area contributed by atoms with Crippen LogP contribution in [-0.2, 0) is 0 Å². The van der Waals surface area contributed by atoms with Gasteiger partial charge in [-0.05, 0) is 64.5 Å². The SMILES string of the molecule is Nc1ccc2nc(Nc3cc(Cl)ccc3Br)ccc2c1. The maximum atomic E-state index is 6.00. The summed E-state index contributed by atoms with van der Waals surface area (Å²) < 4.78 is 0.932. The van der Waals surface area contributed by atoms with E-state index in [0.717, 1.165) is 32.6 Å². The van der Waals surface area contributed by atoms with Crippen molar-refractivity contribution in [1.82, 2.24) is 4.98 Å². The molecule has 0 spiro atoms. The summed E-state index contributed by atoms with van der Waals surface area (Å²) in [6.07, 6.45) is 0. The number of rotatable bonds is 2. The minimum Gasteiger partial charge on any atom is -0.399 e. The number of hydrogen-bond donors (Lipinski definition) is 2. The molecule has 3 aromatic rings. The second-order valence-corrected chi connectivity index (χ2v) is 5.69. The van der Waals surface area contributed by atoms with E-state index in [-0.39, 0.29) is 0 Å². The average Bonchev–Trinajstić information content (AvgIpc) is 2.43. The van der Waals surface area contributed by atoms with Crippen LogP contribution in [0.2, 0.25) is 5.02 Å². The van der Waals surface area contributed by atoms with Gasteiger partial charge < -0.3 is 11.1 Å². The molecule has 0 aliphatic carbocycles. The number of fused-ring (bicyclic) bond motifs is 1. The van der Waals surface area contributed by atoms with Gasteiger partial charge >= 0.3 is 0 Å². The third-order valence-electron chi connectivity index (χ3n) is 2.90. The Hall–Kier alpha value is -1.78. The number of nitrogen functional groups attached to an aromatic ring is 1. The quantitative estimate of drug-likeness (QED) is 0.642. The van der Waals surface area contributed by atoms with Gasteiger partial charge in [0, 0.05) is 20.6 Å². The predicted octanol–water partition coefficient (Wildman–Crippen LogP) is 4.98. The molecule has 0 aliphatic heterocycles. The van der Waals surface area contributed by atoms with Crippen LogP contribution in [0.4, 0.5) is 17.2 Å². The number of hydrogen-bond acceptors (Lipinski definition) is 3. The molecule has 0 radical (unpaired) electrons. The zero-order valence-electron chi connectivity index (χ0n) is 10.4. The van der Waals surface area contributed by atoms with E-state index in [1.165, 1.54) is 0 Å². The van der Waals surface area contributed by atoms with Crippen LogP contribution < -0.4 is 11.1 Å². The molecule has 0 atom stereocenters. The number of pyridine rings is 1. The van der Waals surface area contributed by atoms with E-state index in [4.69, 9.17) is 17.3 Å². The highest BCUT2D eigenvalue weighted by Gasteiger charge is 2.04. The fourth-order valence-corrected chi connectivity index (χ4v) is 2.46. The molecule has 2 aromatic carbocycles. The highest BCUT2D eigenvalue weighted by atomic mass is 79.9. The Balaban J connectivity index is 1.98. The summed E-state index contributed by atoms with van der Waals surface area (Å²) in [6.45, 7) is 0. The van der Waals surface area contributed by atoms with E-state index in [0.29, 0.717) is 5.02 Å². The van der Waals surface area contributed by atoms with Gasteiger partial charge in [-0.2, -0.15) is 0 Å². The lowest BCUT2D eigenvalue weighted by atomic mass is 10.2. The van der Waals surface area contributed by atoms with Crippen molar-refractivity contribution in [3.8, 4) is 0 Å². The average molecular weight is 349 g/mol. The Kier molecular flexibility index (Phi) is 3.51. The van der Waals surface area contributed by atoms with Gasteiger partial charge in [0.15, 0.2) is 0 Å². The maximum absolute atomic E-state index is 6.00. The first-order valence-corrected chi connectivity index (χ1v) is 7.17. The highest BCUT2D eigenvalue weighted by Crippen LogP contribution is 2.29. The first kappa shape index (κ1) is 13.2. The van der Waals surface area contributed by atoms with Crippen molar-refractivity contribution in [2.75, 3.05) is 11.1 Å². The monoisotopic (exact) mass is 347 g/mol. The molecule has 1 aromatic heterocycles. The van der Waals surface area contributed by atoms with Crippen molar-refractivity contribution < 1.29 is 0 Å². The smallest absolute Gasteiger partial charge is 0.131 e. The molecule has 3 rings (SSSR count). The van der Waals surface area contributed by atoms with Gasteiger partial charge in [-0.15, -0.1) is 0 Å². The lowest BCUT2D eigenvalue weighted by Crippen LogP contribution is -1.95. The van der Waals surface area contributed by atoms with Crippen LogP contribution in [-0.4, -0.2) is 4.98 Å². The van der Waals surface area contributed by atoms with Crippen molar-refractivity contribution in [2.45, 2.75) is 0 Å². The Morgan fingerprint density at radius 2 is 1.90 bits per heavy atom. The zero-order valence-corrected chi connectivity index (χ0v) is 12.7. The van der Waals surface area contributed by atoms with Crippen LogP contribution in [0, 0.1) is 0 Å². The molecule has 0 fully saturated rings. The lowest BCUT2D eigenvalue weighted by molar-refractivity contribution is 1.37. The molecule has 100 valence electrons. The molecule has 5 heteroatoms. The fraction of sp³-hybridized carbons (Fsp3) is 0. The Morgan fingerprint density at radius 3 is 2.75 bits per heavy atom. The number of benzene rings is 2. The van der Waals surface area contributed by atoms with Gasteiger partial charge in [-0.25, -0.2) is 4.98 Å². The maximum Gasteiger partial charge on any atom is 0.131 e. The molecule has 1 heterocycles. The van der Waals surface area contributed by atoms with E-state index < -0.39 is 0 Å². The lowest BCUT2D eigenvalue weighted by Gasteiger charge is -2.09. The largest absolute Gasteiger partial charge is 0.399 e. The van der Waals surface area contributed by atoms with Gasteiger partial charge in [0.2, 0.25) is 0 Å². The highest BCUT2D eigenvalue weighted by molar-refractivity contribution is 9.10. The Bertz CT molecular complexity index is 789. The van der Waals surface area contributed by atoms with E-state index in [2.05, 4.69) is 26.2 Å². The van der Waals surface area contributed by atoms with Crippen molar-refractivity contribution in [2.24, 2.45) is 0 Å². The molecule has 0 unspecified atom stereocenters. The van der Waals surface area contributed by atoms with E-state index in [1.54, 1.807) is 0 Å². The van der Waals surface area contributed by atoms with Crippen LogP contribution in [0.3, 0.4) is 0 Å². The summed E-state index contributed by atoms with van der Waals surface area (Å²) in [6, 6.07) is 15.1. The second-order valence-electron chi connectivity index (χ2n) is 4.40. The summed E-state index contributed by atoms with van der Waals surface area (Å²) in [7, 11) is 0. The number of anilines is 3. The zero-order chi connectivity index (χ0) is 14.1. The summed E-state index contributed by atoms with van der Waals surface area (Å²) in [5, 5.41) is 4.93. The van der Waals surface area contributed by atoms with Gasteiger partial charge in [-0.3, -0.25) is 0 Å².